The van der Waals surface area contributed by atoms with Gasteiger partial charge in [0.15, 0.2) is 0 Å². The molecule has 1 N–H and O–H groups in total. The zero-order valence-electron chi connectivity index (χ0n) is 8.92. The maximum absolute atomic E-state index is 10.6. The van der Waals surface area contributed by atoms with E-state index < -0.39 is 11.2 Å². The first-order valence-corrected chi connectivity index (χ1v) is 6.30. The smallest absolute Gasteiger partial charge is 0.324 e. The number of halogens is 1. The first-order chi connectivity index (χ1) is 8.63. The lowest BCUT2D eigenvalue weighted by molar-refractivity contribution is -0.380. The molecule has 5 nitrogen and oxygen atoms in total. The normalized spacial score (nSPS) is 16.8. The number of rotatable bonds is 2. The maximum Gasteiger partial charge on any atom is 0.324 e. The molecule has 0 bridgehead atoms. The van der Waals surface area contributed by atoms with Gasteiger partial charge in [0.1, 0.15) is 5.75 Å². The van der Waals surface area contributed by atoms with Crippen molar-refractivity contribution in [3.05, 3.63) is 50.3 Å². The number of fused-ring (bicyclic) bond motifs is 1. The highest BCUT2D eigenvalue weighted by Gasteiger charge is 2.26. The summed E-state index contributed by atoms with van der Waals surface area (Å²) in [6, 6.07) is 8.43. The van der Waals surface area contributed by atoms with Gasteiger partial charge in [-0.1, -0.05) is 22.9 Å². The monoisotopic (exact) mass is 282 g/mol. The van der Waals surface area contributed by atoms with Crippen LogP contribution in [0.15, 0.2) is 30.3 Å². The largest absolute Gasteiger partial charge is 0.463 e. The molecule has 92 valence electrons. The van der Waals surface area contributed by atoms with Gasteiger partial charge in [-0.15, -0.1) is 0 Å². The summed E-state index contributed by atoms with van der Waals surface area (Å²) in [5.74, 6) is 0.695. The van der Waals surface area contributed by atoms with Crippen molar-refractivity contribution in [2.45, 2.75) is 6.23 Å². The van der Waals surface area contributed by atoms with Gasteiger partial charge in [-0.3, -0.25) is 10.1 Å². The summed E-state index contributed by atoms with van der Waals surface area (Å²) < 4.78 is 5.66. The Balaban J connectivity index is 1.86. The van der Waals surface area contributed by atoms with E-state index in [0.29, 0.717) is 10.8 Å². The summed E-state index contributed by atoms with van der Waals surface area (Å²) in [4.78, 5) is 11.0. The van der Waals surface area contributed by atoms with E-state index in [0.717, 1.165) is 21.9 Å². The van der Waals surface area contributed by atoms with E-state index in [1.807, 2.05) is 0 Å². The average Bonchev–Trinajstić information content (AvgIpc) is 2.93. The summed E-state index contributed by atoms with van der Waals surface area (Å²) in [6.07, 6.45) is -0.392. The SMILES string of the molecule is O=[N+]([O-])c1ccc(C2Nc3cc(Cl)ccc3O2)s1. The molecule has 0 radical (unpaired) electrons. The van der Waals surface area contributed by atoms with E-state index in [1.54, 1.807) is 24.3 Å². The van der Waals surface area contributed by atoms with Crippen LogP contribution in [-0.2, 0) is 0 Å². The van der Waals surface area contributed by atoms with Gasteiger partial charge in [-0.05, 0) is 24.3 Å². The van der Waals surface area contributed by atoms with E-state index in [4.69, 9.17) is 16.3 Å². The number of hydrogen-bond acceptors (Lipinski definition) is 5. The molecule has 1 aliphatic heterocycles. The number of benzene rings is 1. The standard InChI is InChI=1S/C11H7ClN2O3S/c12-6-1-2-8-7(5-6)13-11(17-8)9-3-4-10(18-9)14(15)16/h1-5,11,13H. The zero-order valence-corrected chi connectivity index (χ0v) is 10.5. The lowest BCUT2D eigenvalue weighted by Gasteiger charge is -2.07. The Morgan fingerprint density at radius 3 is 2.94 bits per heavy atom. The molecule has 0 saturated heterocycles. The molecule has 0 amide bonds. The van der Waals surface area contributed by atoms with Crippen molar-refractivity contribution < 1.29 is 9.66 Å². The van der Waals surface area contributed by atoms with E-state index in [2.05, 4.69) is 5.32 Å². The number of nitrogens with one attached hydrogen (secondary N) is 1. The molecule has 1 unspecified atom stereocenters. The minimum absolute atomic E-state index is 0.101. The molecular formula is C11H7ClN2O3S. The molecule has 0 fully saturated rings. The number of hydrogen-bond donors (Lipinski definition) is 1. The molecule has 0 spiro atoms. The van der Waals surface area contributed by atoms with Crippen molar-refractivity contribution in [2.75, 3.05) is 5.32 Å². The van der Waals surface area contributed by atoms with Crippen LogP contribution < -0.4 is 10.1 Å². The molecule has 1 aromatic carbocycles. The number of nitrogens with zero attached hydrogens (tertiary/aromatic N) is 1. The van der Waals surface area contributed by atoms with Crippen molar-refractivity contribution in [3.63, 3.8) is 0 Å². The summed E-state index contributed by atoms with van der Waals surface area (Å²) in [5.41, 5.74) is 0.795. The number of anilines is 1. The second kappa shape index (κ2) is 4.15. The van der Waals surface area contributed by atoms with Crippen LogP contribution in [-0.4, -0.2) is 4.92 Å². The van der Waals surface area contributed by atoms with E-state index in [9.17, 15) is 10.1 Å². The van der Waals surface area contributed by atoms with Crippen molar-refractivity contribution in [3.8, 4) is 5.75 Å². The van der Waals surface area contributed by atoms with E-state index >= 15 is 0 Å². The topological polar surface area (TPSA) is 64.4 Å². The highest BCUT2D eigenvalue weighted by atomic mass is 35.5. The summed E-state index contributed by atoms with van der Waals surface area (Å²) in [7, 11) is 0. The number of ether oxygens (including phenoxy) is 1. The van der Waals surface area contributed by atoms with Crippen molar-refractivity contribution in [1.82, 2.24) is 0 Å². The number of thiophene rings is 1. The van der Waals surface area contributed by atoms with Gasteiger partial charge in [-0.2, -0.15) is 0 Å². The first-order valence-electron chi connectivity index (χ1n) is 5.10. The zero-order chi connectivity index (χ0) is 12.7. The van der Waals surface area contributed by atoms with Crippen LogP contribution in [0.4, 0.5) is 10.7 Å². The van der Waals surface area contributed by atoms with E-state index in [-0.39, 0.29) is 5.00 Å². The molecule has 7 heteroatoms. The first kappa shape index (κ1) is 11.3. The molecule has 2 heterocycles. The summed E-state index contributed by atoms with van der Waals surface area (Å²) in [6.45, 7) is 0. The fourth-order valence-electron chi connectivity index (χ4n) is 1.73. The van der Waals surface area contributed by atoms with Crippen LogP contribution in [0.5, 0.6) is 5.75 Å². The second-order valence-corrected chi connectivity index (χ2v) is 5.25. The third-order valence-corrected chi connectivity index (χ3v) is 3.84. The van der Waals surface area contributed by atoms with Gasteiger partial charge in [0, 0.05) is 11.1 Å². The van der Waals surface area contributed by atoms with Gasteiger partial charge in [0.05, 0.1) is 15.5 Å². The van der Waals surface area contributed by atoms with Crippen LogP contribution in [0.2, 0.25) is 5.02 Å². The van der Waals surface area contributed by atoms with Crippen LogP contribution in [0.25, 0.3) is 0 Å². The van der Waals surface area contributed by atoms with Gasteiger partial charge < -0.3 is 10.1 Å². The Hall–Kier alpha value is -1.79. The lowest BCUT2D eigenvalue weighted by atomic mass is 10.3. The van der Waals surface area contributed by atoms with Crippen molar-refractivity contribution in [1.29, 1.82) is 0 Å². The van der Waals surface area contributed by atoms with E-state index in [1.165, 1.54) is 6.07 Å². The Labute approximate surface area is 111 Å². The molecule has 2 aromatic rings. The summed E-state index contributed by atoms with van der Waals surface area (Å²) >= 11 is 6.97. The van der Waals surface area contributed by atoms with Crippen LogP contribution in [0.1, 0.15) is 11.1 Å². The average molecular weight is 283 g/mol. The third-order valence-electron chi connectivity index (χ3n) is 2.52. The second-order valence-electron chi connectivity index (χ2n) is 3.72. The van der Waals surface area contributed by atoms with Gasteiger partial charge in [0.25, 0.3) is 0 Å². The fourth-order valence-corrected chi connectivity index (χ4v) is 2.70. The molecule has 1 aromatic heterocycles. The highest BCUT2D eigenvalue weighted by molar-refractivity contribution is 7.15. The van der Waals surface area contributed by atoms with Crippen molar-refractivity contribution >= 4 is 33.6 Å². The Kier molecular flexibility index (Phi) is 2.61. The van der Waals surface area contributed by atoms with Crippen LogP contribution >= 0.6 is 22.9 Å². The summed E-state index contributed by atoms with van der Waals surface area (Å²) in [5, 5.41) is 14.5. The maximum atomic E-state index is 10.6. The Bertz CT molecular complexity index is 629. The van der Waals surface area contributed by atoms with Gasteiger partial charge >= 0.3 is 5.00 Å². The quantitative estimate of drug-likeness (QED) is 0.672. The highest BCUT2D eigenvalue weighted by Crippen LogP contribution is 2.41. The minimum Gasteiger partial charge on any atom is -0.463 e. The number of nitro groups is 1. The molecule has 0 saturated carbocycles. The molecular weight excluding hydrogens is 276 g/mol. The molecule has 18 heavy (non-hydrogen) atoms. The molecule has 0 aliphatic carbocycles. The lowest BCUT2D eigenvalue weighted by Crippen LogP contribution is -2.07. The molecule has 1 aliphatic rings. The Morgan fingerprint density at radius 1 is 1.39 bits per heavy atom. The molecule has 1 atom stereocenters. The van der Waals surface area contributed by atoms with Crippen LogP contribution in [0.3, 0.4) is 0 Å². The minimum atomic E-state index is -0.410. The third kappa shape index (κ3) is 1.89. The molecule has 3 rings (SSSR count). The fraction of sp³-hybridized carbons (Fsp3) is 0.0909. The predicted octanol–water partition coefficient (Wildman–Crippen LogP) is 3.81. The van der Waals surface area contributed by atoms with Crippen LogP contribution in [0, 0.1) is 10.1 Å². The van der Waals surface area contributed by atoms with Crippen molar-refractivity contribution in [2.24, 2.45) is 0 Å². The predicted molar refractivity (Wildman–Crippen MR) is 69.4 cm³/mol. The van der Waals surface area contributed by atoms with Gasteiger partial charge in [0.2, 0.25) is 6.23 Å². The Morgan fingerprint density at radius 2 is 2.22 bits per heavy atom. The van der Waals surface area contributed by atoms with Gasteiger partial charge in [-0.25, -0.2) is 0 Å².